The molecule has 2 nitrogen and oxygen atoms in total. The van der Waals surface area contributed by atoms with E-state index in [1.165, 1.54) is 23.5 Å². The summed E-state index contributed by atoms with van der Waals surface area (Å²) in [4.78, 5) is 4.34. The largest absolute Gasteiger partial charge is 0.389 e. The van der Waals surface area contributed by atoms with Crippen LogP contribution in [0.2, 0.25) is 0 Å². The number of nitrogens with two attached hydrogens (primary N) is 1. The number of halogens is 2. The van der Waals surface area contributed by atoms with Gasteiger partial charge in [-0.25, -0.2) is 13.8 Å². The van der Waals surface area contributed by atoms with Crippen LogP contribution in [0.15, 0.2) is 18.2 Å². The number of hydrogen-bond acceptors (Lipinski definition) is 3. The predicted molar refractivity (Wildman–Crippen MR) is 70.6 cm³/mol. The Morgan fingerprint density at radius 3 is 2.44 bits per heavy atom. The Labute approximate surface area is 108 Å². The molecule has 0 fully saturated rings. The minimum atomic E-state index is -0.907. The third kappa shape index (κ3) is 2.22. The Balaban J connectivity index is 2.58. The molecule has 0 aliphatic heterocycles. The summed E-state index contributed by atoms with van der Waals surface area (Å²) in [7, 11) is 0. The Morgan fingerprint density at radius 1 is 1.22 bits per heavy atom. The van der Waals surface area contributed by atoms with Crippen molar-refractivity contribution < 1.29 is 8.78 Å². The first kappa shape index (κ1) is 13.0. The lowest BCUT2D eigenvalue weighted by Crippen LogP contribution is -2.10. The molecular formula is C13H14F2N2S. The molecule has 0 spiro atoms. The van der Waals surface area contributed by atoms with Gasteiger partial charge in [-0.3, -0.25) is 0 Å². The quantitative estimate of drug-likeness (QED) is 0.850. The van der Waals surface area contributed by atoms with Gasteiger partial charge in [0.25, 0.3) is 0 Å². The number of nitrogen functional groups attached to an aromatic ring is 1. The van der Waals surface area contributed by atoms with Gasteiger partial charge in [0, 0.05) is 11.0 Å². The normalized spacial score (nSPS) is 11.8. The van der Waals surface area contributed by atoms with Crippen molar-refractivity contribution in [1.29, 1.82) is 0 Å². The molecule has 1 aromatic carbocycles. The summed E-state index contributed by atoms with van der Waals surface area (Å²) in [6.45, 7) is 5.99. The van der Waals surface area contributed by atoms with Crippen LogP contribution < -0.4 is 5.73 Å². The second-order valence-corrected chi connectivity index (χ2v) is 6.11. The van der Waals surface area contributed by atoms with Crippen molar-refractivity contribution in [2.24, 2.45) is 0 Å². The van der Waals surface area contributed by atoms with Crippen LogP contribution in [0.5, 0.6) is 0 Å². The average Bonchev–Trinajstić information content (AvgIpc) is 2.64. The van der Waals surface area contributed by atoms with E-state index in [0.29, 0.717) is 10.7 Å². The number of benzene rings is 1. The molecule has 0 unspecified atom stereocenters. The minimum Gasteiger partial charge on any atom is -0.389 e. The first-order valence-electron chi connectivity index (χ1n) is 5.52. The van der Waals surface area contributed by atoms with Gasteiger partial charge in [0.1, 0.15) is 15.7 Å². The molecule has 96 valence electrons. The lowest BCUT2D eigenvalue weighted by Gasteiger charge is -2.13. The van der Waals surface area contributed by atoms with Gasteiger partial charge in [-0.2, -0.15) is 0 Å². The molecule has 0 aliphatic carbocycles. The van der Waals surface area contributed by atoms with E-state index in [1.54, 1.807) is 0 Å². The lowest BCUT2D eigenvalue weighted by atomic mass is 9.98. The summed E-state index contributed by atoms with van der Waals surface area (Å²) in [5.74, 6) is -1.80. The van der Waals surface area contributed by atoms with E-state index in [4.69, 9.17) is 5.73 Å². The maximum Gasteiger partial charge on any atom is 0.168 e. The fraction of sp³-hybridized carbons (Fsp3) is 0.308. The third-order valence-corrected chi connectivity index (χ3v) is 3.81. The molecule has 2 rings (SSSR count). The van der Waals surface area contributed by atoms with Crippen molar-refractivity contribution in [1.82, 2.24) is 4.98 Å². The van der Waals surface area contributed by atoms with Crippen molar-refractivity contribution >= 4 is 16.3 Å². The summed E-state index contributed by atoms with van der Waals surface area (Å²) in [5.41, 5.74) is 6.12. The van der Waals surface area contributed by atoms with Crippen LogP contribution in [0.25, 0.3) is 11.3 Å². The van der Waals surface area contributed by atoms with Crippen LogP contribution in [0.1, 0.15) is 25.8 Å². The Bertz CT molecular complexity index is 585. The summed E-state index contributed by atoms with van der Waals surface area (Å²) < 4.78 is 26.9. The van der Waals surface area contributed by atoms with E-state index in [9.17, 15) is 8.78 Å². The first-order valence-corrected chi connectivity index (χ1v) is 6.33. The molecular weight excluding hydrogens is 254 g/mol. The van der Waals surface area contributed by atoms with Gasteiger partial charge in [0.05, 0.1) is 0 Å². The fourth-order valence-corrected chi connectivity index (χ4v) is 2.44. The van der Waals surface area contributed by atoms with E-state index in [-0.39, 0.29) is 11.0 Å². The predicted octanol–water partition coefficient (Wildman–Crippen LogP) is 3.97. The molecule has 0 saturated heterocycles. The lowest BCUT2D eigenvalue weighted by molar-refractivity contribution is 0.511. The highest BCUT2D eigenvalue weighted by molar-refractivity contribution is 7.16. The maximum atomic E-state index is 13.7. The van der Waals surface area contributed by atoms with Gasteiger partial charge in [-0.05, 0) is 12.1 Å². The van der Waals surface area contributed by atoms with Crippen LogP contribution in [0.4, 0.5) is 13.8 Å². The maximum absolute atomic E-state index is 13.7. The average molecular weight is 268 g/mol. The van der Waals surface area contributed by atoms with E-state index < -0.39 is 11.6 Å². The Kier molecular flexibility index (Phi) is 3.11. The highest BCUT2D eigenvalue weighted by Crippen LogP contribution is 2.37. The van der Waals surface area contributed by atoms with Crippen LogP contribution in [0, 0.1) is 11.6 Å². The molecule has 18 heavy (non-hydrogen) atoms. The minimum absolute atomic E-state index is 0.110. The molecule has 0 radical (unpaired) electrons. The van der Waals surface area contributed by atoms with E-state index in [2.05, 4.69) is 4.98 Å². The van der Waals surface area contributed by atoms with E-state index in [1.807, 2.05) is 20.8 Å². The Morgan fingerprint density at radius 2 is 1.89 bits per heavy atom. The Hall–Kier alpha value is -1.49. The van der Waals surface area contributed by atoms with Crippen molar-refractivity contribution in [2.45, 2.75) is 26.2 Å². The smallest absolute Gasteiger partial charge is 0.168 e. The van der Waals surface area contributed by atoms with Crippen molar-refractivity contribution in [3.8, 4) is 11.3 Å². The molecule has 0 amide bonds. The van der Waals surface area contributed by atoms with Crippen molar-refractivity contribution in [2.75, 3.05) is 5.73 Å². The summed E-state index contributed by atoms with van der Waals surface area (Å²) in [5, 5.41) is 1.21. The summed E-state index contributed by atoms with van der Waals surface area (Å²) >= 11 is 1.31. The highest BCUT2D eigenvalue weighted by atomic mass is 32.1. The number of nitrogens with zero attached hydrogens (tertiary/aromatic N) is 1. The monoisotopic (exact) mass is 268 g/mol. The zero-order valence-corrected chi connectivity index (χ0v) is 11.2. The summed E-state index contributed by atoms with van der Waals surface area (Å²) in [6.07, 6.45) is 0. The molecule has 2 N–H and O–H groups in total. The topological polar surface area (TPSA) is 38.9 Å². The van der Waals surface area contributed by atoms with E-state index >= 15 is 0 Å². The molecule has 0 bridgehead atoms. The van der Waals surface area contributed by atoms with Crippen molar-refractivity contribution in [3.63, 3.8) is 0 Å². The van der Waals surface area contributed by atoms with Gasteiger partial charge in [-0.15, -0.1) is 11.3 Å². The molecule has 0 saturated carbocycles. The number of rotatable bonds is 1. The molecule has 2 aromatic rings. The van der Waals surface area contributed by atoms with Gasteiger partial charge in [0.2, 0.25) is 0 Å². The molecule has 1 heterocycles. The second-order valence-electron chi connectivity index (χ2n) is 5.08. The number of hydrogen-bond donors (Lipinski definition) is 1. The first-order chi connectivity index (χ1) is 8.30. The molecule has 0 aliphatic rings. The zero-order chi connectivity index (χ0) is 13.5. The molecule has 1 aromatic heterocycles. The number of anilines is 1. The standard InChI is InChI=1S/C13H14F2N2S/c1-13(2,3)12-17-10(11(16)18-12)7-5-4-6-8(14)9(7)15/h4-6H,16H2,1-3H3. The van der Waals surface area contributed by atoms with Gasteiger partial charge in [-0.1, -0.05) is 26.8 Å². The zero-order valence-electron chi connectivity index (χ0n) is 10.4. The number of thiazole rings is 1. The fourth-order valence-electron chi connectivity index (χ4n) is 1.53. The molecule has 0 atom stereocenters. The second kappa shape index (κ2) is 4.31. The van der Waals surface area contributed by atoms with Crippen LogP contribution in [-0.2, 0) is 5.41 Å². The molecule has 5 heteroatoms. The summed E-state index contributed by atoms with van der Waals surface area (Å²) in [6, 6.07) is 4.01. The van der Waals surface area contributed by atoms with Gasteiger partial charge >= 0.3 is 0 Å². The van der Waals surface area contributed by atoms with Crippen LogP contribution >= 0.6 is 11.3 Å². The van der Waals surface area contributed by atoms with Crippen LogP contribution in [-0.4, -0.2) is 4.98 Å². The van der Waals surface area contributed by atoms with Gasteiger partial charge in [0.15, 0.2) is 11.6 Å². The van der Waals surface area contributed by atoms with Crippen LogP contribution in [0.3, 0.4) is 0 Å². The highest BCUT2D eigenvalue weighted by Gasteiger charge is 2.23. The number of aromatic nitrogens is 1. The third-order valence-electron chi connectivity index (χ3n) is 2.50. The van der Waals surface area contributed by atoms with Gasteiger partial charge < -0.3 is 5.73 Å². The SMILES string of the molecule is CC(C)(C)c1nc(-c2cccc(F)c2F)c(N)s1. The van der Waals surface area contributed by atoms with Crippen molar-refractivity contribution in [3.05, 3.63) is 34.8 Å². The van der Waals surface area contributed by atoms with E-state index in [0.717, 1.165) is 11.1 Å².